The van der Waals surface area contributed by atoms with Crippen molar-refractivity contribution in [2.45, 2.75) is 13.8 Å². The van der Waals surface area contributed by atoms with Gasteiger partial charge in [0.2, 0.25) is 0 Å². The molecule has 0 spiro atoms. The molecule has 0 saturated carbocycles. The summed E-state index contributed by atoms with van der Waals surface area (Å²) in [6.07, 6.45) is 0. The molecule has 0 aliphatic carbocycles. The van der Waals surface area contributed by atoms with Crippen molar-refractivity contribution < 1.29 is 29.4 Å². The van der Waals surface area contributed by atoms with Gasteiger partial charge in [0.05, 0.1) is 0 Å². The van der Waals surface area contributed by atoms with Gasteiger partial charge in [-0.15, -0.1) is 0 Å². The number of carboxylic acids is 2. The van der Waals surface area contributed by atoms with Crippen molar-refractivity contribution in [1.29, 1.82) is 0 Å². The van der Waals surface area contributed by atoms with Gasteiger partial charge in [0.1, 0.15) is 20.1 Å². The summed E-state index contributed by atoms with van der Waals surface area (Å²) < 4.78 is 0. The molecular weight excluding hydrogens is 422 g/mol. The van der Waals surface area contributed by atoms with E-state index in [0.29, 0.717) is 0 Å². The SMILES string of the molecule is CC(C)(CNC(=O)/C(Cl)=C(/Cl)C(=O)O)CNC(=O)/C(Cl)=C(/Cl)C(=O)O. The van der Waals surface area contributed by atoms with Gasteiger partial charge in [-0.25, -0.2) is 9.59 Å². The first kappa shape index (κ1) is 23.5. The maximum atomic E-state index is 11.7. The lowest BCUT2D eigenvalue weighted by Gasteiger charge is -2.25. The van der Waals surface area contributed by atoms with Crippen molar-refractivity contribution in [3.8, 4) is 0 Å². The van der Waals surface area contributed by atoms with E-state index in [9.17, 15) is 19.2 Å². The number of carbonyl (C=O) groups is 4. The molecule has 0 unspecified atom stereocenters. The summed E-state index contributed by atoms with van der Waals surface area (Å²) >= 11 is 21.8. The maximum Gasteiger partial charge on any atom is 0.349 e. The van der Waals surface area contributed by atoms with Gasteiger partial charge in [-0.1, -0.05) is 60.3 Å². The molecule has 0 saturated heterocycles. The summed E-state index contributed by atoms with van der Waals surface area (Å²) in [5, 5.41) is 19.0. The molecule has 0 aliphatic rings. The Morgan fingerprint density at radius 1 is 0.720 bits per heavy atom. The quantitative estimate of drug-likeness (QED) is 0.429. The van der Waals surface area contributed by atoms with Crippen LogP contribution >= 0.6 is 46.4 Å². The van der Waals surface area contributed by atoms with Crippen LogP contribution in [0.3, 0.4) is 0 Å². The molecule has 0 bridgehead atoms. The Balaban J connectivity index is 4.77. The second kappa shape index (κ2) is 9.86. The molecule has 0 aromatic heterocycles. The molecule has 0 fully saturated rings. The van der Waals surface area contributed by atoms with Gasteiger partial charge in [0.25, 0.3) is 11.8 Å². The monoisotopic (exact) mass is 434 g/mol. The van der Waals surface area contributed by atoms with E-state index in [-0.39, 0.29) is 13.1 Å². The number of halogens is 4. The highest BCUT2D eigenvalue weighted by Gasteiger charge is 2.24. The van der Waals surface area contributed by atoms with Crippen molar-refractivity contribution in [2.75, 3.05) is 13.1 Å². The van der Waals surface area contributed by atoms with Gasteiger partial charge in [-0.3, -0.25) is 9.59 Å². The molecule has 140 valence electrons. The van der Waals surface area contributed by atoms with Crippen LogP contribution in [0.4, 0.5) is 0 Å². The van der Waals surface area contributed by atoms with E-state index in [1.165, 1.54) is 0 Å². The highest BCUT2D eigenvalue weighted by molar-refractivity contribution is 6.54. The number of amides is 2. The minimum atomic E-state index is -1.55. The fourth-order valence-electron chi connectivity index (χ4n) is 1.24. The third kappa shape index (κ3) is 7.96. The number of rotatable bonds is 8. The smallest absolute Gasteiger partial charge is 0.349 e. The van der Waals surface area contributed by atoms with Gasteiger partial charge in [0.15, 0.2) is 0 Å². The number of hydrogen-bond donors (Lipinski definition) is 4. The zero-order valence-electron chi connectivity index (χ0n) is 13.0. The lowest BCUT2D eigenvalue weighted by Crippen LogP contribution is -2.42. The van der Waals surface area contributed by atoms with E-state index in [4.69, 9.17) is 56.6 Å². The van der Waals surface area contributed by atoms with Crippen molar-refractivity contribution in [3.63, 3.8) is 0 Å². The lowest BCUT2D eigenvalue weighted by molar-refractivity contribution is -0.133. The average molecular weight is 436 g/mol. The van der Waals surface area contributed by atoms with E-state index in [0.717, 1.165) is 0 Å². The van der Waals surface area contributed by atoms with E-state index >= 15 is 0 Å². The molecule has 8 nitrogen and oxygen atoms in total. The third-order valence-corrected chi connectivity index (χ3v) is 4.23. The summed E-state index contributed by atoms with van der Waals surface area (Å²) in [5.41, 5.74) is -0.717. The van der Waals surface area contributed by atoms with Crippen LogP contribution in [0, 0.1) is 5.41 Å². The Labute approximate surface area is 162 Å². The molecule has 0 atom stereocenters. The molecule has 0 heterocycles. The van der Waals surface area contributed by atoms with Crippen LogP contribution in [0.25, 0.3) is 0 Å². The van der Waals surface area contributed by atoms with Crippen LogP contribution in [-0.2, 0) is 19.2 Å². The predicted molar refractivity (Wildman–Crippen MR) is 92.5 cm³/mol. The number of carbonyl (C=O) groups excluding carboxylic acids is 2. The Hall–Kier alpha value is -1.48. The second-order valence-corrected chi connectivity index (χ2v) is 6.91. The fourth-order valence-corrected chi connectivity index (χ4v) is 1.71. The second-order valence-electron chi connectivity index (χ2n) is 5.40. The number of nitrogens with one attached hydrogen (secondary N) is 2. The first-order valence-corrected chi connectivity index (χ1v) is 7.95. The Morgan fingerprint density at radius 3 is 1.24 bits per heavy atom. The normalized spacial score (nSPS) is 13.4. The fraction of sp³-hybridized carbons (Fsp3) is 0.385. The number of aliphatic carboxylic acids is 2. The number of carboxylic acid groups (broad SMARTS) is 2. The molecular formula is C13H14Cl4N2O6. The van der Waals surface area contributed by atoms with Gasteiger partial charge in [-0.05, 0) is 5.41 Å². The van der Waals surface area contributed by atoms with Crippen LogP contribution in [0.5, 0.6) is 0 Å². The van der Waals surface area contributed by atoms with E-state index in [2.05, 4.69) is 10.6 Å². The first-order valence-electron chi connectivity index (χ1n) is 6.43. The molecule has 0 rings (SSSR count). The summed E-state index contributed by atoms with van der Waals surface area (Å²) in [5.74, 6) is -4.91. The van der Waals surface area contributed by atoms with Gasteiger partial charge in [0, 0.05) is 13.1 Å². The van der Waals surface area contributed by atoms with Gasteiger partial charge < -0.3 is 20.8 Å². The molecule has 4 N–H and O–H groups in total. The Morgan fingerprint density at radius 2 is 1.00 bits per heavy atom. The summed E-state index contributed by atoms with van der Waals surface area (Å²) in [6, 6.07) is 0. The predicted octanol–water partition coefficient (Wildman–Crippen LogP) is 1.79. The molecule has 12 heteroatoms. The van der Waals surface area contributed by atoms with Crippen LogP contribution in [0.2, 0.25) is 0 Å². The average Bonchev–Trinajstić information content (AvgIpc) is 2.54. The summed E-state index contributed by atoms with van der Waals surface area (Å²) in [4.78, 5) is 44.6. The number of hydrogen-bond acceptors (Lipinski definition) is 4. The van der Waals surface area contributed by atoms with Crippen LogP contribution in [0.1, 0.15) is 13.8 Å². The highest BCUT2D eigenvalue weighted by Crippen LogP contribution is 2.18. The Kier molecular flexibility index (Phi) is 9.28. The third-order valence-electron chi connectivity index (χ3n) is 2.61. The topological polar surface area (TPSA) is 133 Å². The van der Waals surface area contributed by atoms with E-state index < -0.39 is 49.3 Å². The Bertz CT molecular complexity index is 603. The zero-order valence-corrected chi connectivity index (χ0v) is 16.0. The largest absolute Gasteiger partial charge is 0.477 e. The van der Waals surface area contributed by atoms with Gasteiger partial charge >= 0.3 is 11.9 Å². The molecule has 25 heavy (non-hydrogen) atoms. The van der Waals surface area contributed by atoms with E-state index in [1.54, 1.807) is 13.8 Å². The molecule has 2 amide bonds. The van der Waals surface area contributed by atoms with Crippen molar-refractivity contribution in [1.82, 2.24) is 10.6 Å². The lowest BCUT2D eigenvalue weighted by atomic mass is 9.93. The summed E-state index contributed by atoms with van der Waals surface area (Å²) in [6.45, 7) is 3.28. The van der Waals surface area contributed by atoms with Crippen LogP contribution in [-0.4, -0.2) is 47.1 Å². The highest BCUT2D eigenvalue weighted by atomic mass is 35.5. The van der Waals surface area contributed by atoms with Crippen LogP contribution < -0.4 is 10.6 Å². The molecule has 0 aromatic carbocycles. The molecule has 0 radical (unpaired) electrons. The first-order chi connectivity index (χ1) is 11.3. The van der Waals surface area contributed by atoms with Crippen molar-refractivity contribution in [2.24, 2.45) is 5.41 Å². The minimum absolute atomic E-state index is 0.0138. The standard InChI is InChI=1S/C13H14Cl4N2O6/c1-13(2,3-18-9(20)5(14)7(16)11(22)23)4-19-10(21)6(15)8(17)12(24)25/h3-4H2,1-2H3,(H,18,20)(H,19,21)(H,22,23)(H,24,25)/b7-5-,8-6-. The van der Waals surface area contributed by atoms with Crippen molar-refractivity contribution >= 4 is 70.2 Å². The summed E-state index contributed by atoms with van der Waals surface area (Å²) in [7, 11) is 0. The maximum absolute atomic E-state index is 11.7. The zero-order chi connectivity index (χ0) is 19.9. The van der Waals surface area contributed by atoms with Gasteiger partial charge in [-0.2, -0.15) is 0 Å². The molecule has 0 aliphatic heterocycles. The van der Waals surface area contributed by atoms with Crippen molar-refractivity contribution in [3.05, 3.63) is 20.1 Å². The van der Waals surface area contributed by atoms with E-state index in [1.807, 2.05) is 0 Å². The van der Waals surface area contributed by atoms with Crippen LogP contribution in [0.15, 0.2) is 20.1 Å². The molecule has 0 aromatic rings. The minimum Gasteiger partial charge on any atom is -0.477 e.